The van der Waals surface area contributed by atoms with Crippen LogP contribution < -0.4 is 0 Å². The van der Waals surface area contributed by atoms with Crippen LogP contribution in [0.5, 0.6) is 0 Å². The maximum absolute atomic E-state index is 12.0. The maximum atomic E-state index is 12.0. The van der Waals surface area contributed by atoms with E-state index in [0.29, 0.717) is 11.2 Å². The van der Waals surface area contributed by atoms with E-state index in [1.807, 2.05) is 16.7 Å². The molecule has 2 heterocycles. The molecule has 1 amide bonds. The molecule has 1 aromatic heterocycles. The lowest BCUT2D eigenvalue weighted by Crippen LogP contribution is -2.44. The average molecular weight is 255 g/mol. The molecule has 1 atom stereocenters. The Hall–Kier alpha value is -1.11. The van der Waals surface area contributed by atoms with Crippen LogP contribution in [0.2, 0.25) is 0 Å². The smallest absolute Gasteiger partial charge is 0.244 e. The molecule has 1 fully saturated rings. The van der Waals surface area contributed by atoms with Gasteiger partial charge in [-0.15, -0.1) is 5.10 Å². The number of thioether (sulfide) groups is 1. The zero-order valence-electron chi connectivity index (χ0n) is 10.1. The molecule has 17 heavy (non-hydrogen) atoms. The minimum absolute atomic E-state index is 0.100. The molecule has 94 valence electrons. The Morgan fingerprint density at radius 2 is 2.41 bits per heavy atom. The third-order valence-electron chi connectivity index (χ3n) is 2.88. The molecule has 1 aromatic rings. The van der Waals surface area contributed by atoms with Gasteiger partial charge in [0, 0.05) is 24.1 Å². The molecule has 7 heteroatoms. The number of tetrazole rings is 1. The Bertz CT molecular complexity index is 367. The van der Waals surface area contributed by atoms with Gasteiger partial charge in [-0.2, -0.15) is 11.8 Å². The summed E-state index contributed by atoms with van der Waals surface area (Å²) in [6.07, 6.45) is 1.47. The highest BCUT2D eigenvalue weighted by Gasteiger charge is 2.26. The molecular weight excluding hydrogens is 238 g/mol. The molecule has 1 saturated heterocycles. The van der Waals surface area contributed by atoms with Crippen LogP contribution in [0.4, 0.5) is 0 Å². The van der Waals surface area contributed by atoms with Gasteiger partial charge in [-0.05, 0) is 16.3 Å². The SMILES string of the molecule is CC(C)[C@H]1CN(C(=O)Cn2cnnn2)CCS1. The highest BCUT2D eigenvalue weighted by atomic mass is 32.2. The monoisotopic (exact) mass is 255 g/mol. The van der Waals surface area contributed by atoms with E-state index >= 15 is 0 Å². The summed E-state index contributed by atoms with van der Waals surface area (Å²) in [6.45, 7) is 6.31. The second kappa shape index (κ2) is 5.48. The summed E-state index contributed by atoms with van der Waals surface area (Å²) >= 11 is 1.96. The van der Waals surface area contributed by atoms with E-state index in [1.54, 1.807) is 0 Å². The lowest BCUT2D eigenvalue weighted by atomic mass is 10.1. The number of rotatable bonds is 3. The first-order valence-electron chi connectivity index (χ1n) is 5.77. The zero-order valence-corrected chi connectivity index (χ0v) is 10.9. The van der Waals surface area contributed by atoms with Crippen LogP contribution in [0, 0.1) is 5.92 Å². The minimum atomic E-state index is 0.100. The maximum Gasteiger partial charge on any atom is 0.244 e. The fourth-order valence-corrected chi connectivity index (χ4v) is 3.10. The van der Waals surface area contributed by atoms with Crippen molar-refractivity contribution in [2.24, 2.45) is 5.92 Å². The standard InChI is InChI=1S/C10H17N5OS/c1-8(2)9-5-14(3-4-17-9)10(16)6-15-7-11-12-13-15/h7-9H,3-6H2,1-2H3/t9-/m1/s1. The third-order valence-corrected chi connectivity index (χ3v) is 4.42. The van der Waals surface area contributed by atoms with Crippen LogP contribution in [-0.4, -0.2) is 55.1 Å². The Morgan fingerprint density at radius 1 is 1.59 bits per heavy atom. The fourth-order valence-electron chi connectivity index (χ4n) is 1.80. The molecule has 0 unspecified atom stereocenters. The minimum Gasteiger partial charge on any atom is -0.339 e. The summed E-state index contributed by atoms with van der Waals surface area (Å²) in [5.74, 6) is 1.72. The summed E-state index contributed by atoms with van der Waals surface area (Å²) in [5.41, 5.74) is 0. The van der Waals surface area contributed by atoms with Crippen LogP contribution in [0.25, 0.3) is 0 Å². The molecule has 0 radical (unpaired) electrons. The van der Waals surface area contributed by atoms with Gasteiger partial charge in [0.1, 0.15) is 12.9 Å². The van der Waals surface area contributed by atoms with Crippen molar-refractivity contribution in [2.45, 2.75) is 25.6 Å². The Kier molecular flexibility index (Phi) is 3.98. The molecule has 0 aliphatic carbocycles. The Morgan fingerprint density at radius 3 is 3.06 bits per heavy atom. The second-order valence-electron chi connectivity index (χ2n) is 4.50. The largest absolute Gasteiger partial charge is 0.339 e. The van der Waals surface area contributed by atoms with Crippen LogP contribution in [0.15, 0.2) is 6.33 Å². The lowest BCUT2D eigenvalue weighted by Gasteiger charge is -2.34. The topological polar surface area (TPSA) is 63.9 Å². The van der Waals surface area contributed by atoms with Crippen molar-refractivity contribution in [1.29, 1.82) is 0 Å². The van der Waals surface area contributed by atoms with E-state index in [-0.39, 0.29) is 12.5 Å². The summed E-state index contributed by atoms with van der Waals surface area (Å²) in [7, 11) is 0. The predicted molar refractivity (Wildman–Crippen MR) is 65.5 cm³/mol. The second-order valence-corrected chi connectivity index (χ2v) is 5.85. The number of aromatic nitrogens is 4. The number of hydrogen-bond acceptors (Lipinski definition) is 5. The molecule has 6 nitrogen and oxygen atoms in total. The number of hydrogen-bond donors (Lipinski definition) is 0. The van der Waals surface area contributed by atoms with Crippen molar-refractivity contribution in [2.75, 3.05) is 18.8 Å². The molecule has 2 rings (SSSR count). The first-order valence-corrected chi connectivity index (χ1v) is 6.82. The third kappa shape index (κ3) is 3.18. The first-order chi connectivity index (χ1) is 8.16. The van der Waals surface area contributed by atoms with Crippen molar-refractivity contribution < 1.29 is 4.79 Å². The summed E-state index contributed by atoms with van der Waals surface area (Å²) in [4.78, 5) is 14.0. The molecular formula is C10H17N5OS. The van der Waals surface area contributed by atoms with Gasteiger partial charge in [-0.1, -0.05) is 13.8 Å². The highest BCUT2D eigenvalue weighted by molar-refractivity contribution is 8.00. The van der Waals surface area contributed by atoms with Crippen molar-refractivity contribution in [3.63, 3.8) is 0 Å². The van der Waals surface area contributed by atoms with Crippen LogP contribution in [0.3, 0.4) is 0 Å². The van der Waals surface area contributed by atoms with Gasteiger partial charge in [0.15, 0.2) is 0 Å². The summed E-state index contributed by atoms with van der Waals surface area (Å²) < 4.78 is 1.47. The van der Waals surface area contributed by atoms with Crippen molar-refractivity contribution in [1.82, 2.24) is 25.1 Å². The zero-order chi connectivity index (χ0) is 12.3. The normalized spacial score (nSPS) is 20.9. The molecule has 0 spiro atoms. The molecule has 1 aliphatic rings. The van der Waals surface area contributed by atoms with E-state index < -0.39 is 0 Å². The van der Waals surface area contributed by atoms with E-state index in [2.05, 4.69) is 29.4 Å². The van der Waals surface area contributed by atoms with E-state index in [1.165, 1.54) is 11.0 Å². The molecule has 1 aliphatic heterocycles. The van der Waals surface area contributed by atoms with E-state index in [9.17, 15) is 4.79 Å². The fraction of sp³-hybridized carbons (Fsp3) is 0.800. The van der Waals surface area contributed by atoms with Crippen LogP contribution in [0.1, 0.15) is 13.8 Å². The highest BCUT2D eigenvalue weighted by Crippen LogP contribution is 2.24. The van der Waals surface area contributed by atoms with Crippen molar-refractivity contribution in [3.05, 3.63) is 6.33 Å². The first kappa shape index (κ1) is 12.3. The van der Waals surface area contributed by atoms with E-state index in [0.717, 1.165) is 18.8 Å². The predicted octanol–water partition coefficient (Wildman–Crippen LogP) is 0.273. The summed E-state index contributed by atoms with van der Waals surface area (Å²) in [6, 6.07) is 0. The van der Waals surface area contributed by atoms with Gasteiger partial charge >= 0.3 is 0 Å². The quantitative estimate of drug-likeness (QED) is 0.776. The number of nitrogens with zero attached hydrogens (tertiary/aromatic N) is 5. The molecule has 0 aromatic carbocycles. The van der Waals surface area contributed by atoms with Gasteiger partial charge in [0.25, 0.3) is 0 Å². The average Bonchev–Trinajstić information content (AvgIpc) is 2.82. The lowest BCUT2D eigenvalue weighted by molar-refractivity contribution is -0.132. The molecule has 0 saturated carbocycles. The van der Waals surface area contributed by atoms with E-state index in [4.69, 9.17) is 0 Å². The van der Waals surface area contributed by atoms with Gasteiger partial charge in [0.05, 0.1) is 0 Å². The van der Waals surface area contributed by atoms with Gasteiger partial charge in [0.2, 0.25) is 5.91 Å². The van der Waals surface area contributed by atoms with Crippen LogP contribution in [-0.2, 0) is 11.3 Å². The summed E-state index contributed by atoms with van der Waals surface area (Å²) in [5, 5.41) is 11.3. The number of amides is 1. The Labute approximate surface area is 105 Å². The van der Waals surface area contributed by atoms with Gasteiger partial charge < -0.3 is 4.90 Å². The van der Waals surface area contributed by atoms with Crippen molar-refractivity contribution in [3.8, 4) is 0 Å². The van der Waals surface area contributed by atoms with Gasteiger partial charge in [-0.3, -0.25) is 4.79 Å². The van der Waals surface area contributed by atoms with Gasteiger partial charge in [-0.25, -0.2) is 4.68 Å². The number of carbonyl (C=O) groups is 1. The number of carbonyl (C=O) groups excluding carboxylic acids is 1. The Balaban J connectivity index is 1.91. The molecule has 0 N–H and O–H groups in total. The van der Waals surface area contributed by atoms with Crippen molar-refractivity contribution >= 4 is 17.7 Å². The molecule has 0 bridgehead atoms. The van der Waals surface area contributed by atoms with Crippen LogP contribution >= 0.6 is 11.8 Å².